The number of likely N-dealkylation sites (tertiary alicyclic amines) is 1. The summed E-state index contributed by atoms with van der Waals surface area (Å²) in [4.78, 5) is 27.5. The second kappa shape index (κ2) is 11.1. The fraction of sp³-hybridized carbons (Fsp3) is 0.259. The SMILES string of the molecule is CCOc1ccc(NC(=O)N2CCC[C@@H](c3cccc(C(=O)Nc4cccc(Cl)c4)c3)C2)cc1. The first-order valence-electron chi connectivity index (χ1n) is 11.5. The Morgan fingerprint density at radius 3 is 2.56 bits per heavy atom. The molecule has 176 valence electrons. The molecule has 0 radical (unpaired) electrons. The number of nitrogens with one attached hydrogen (secondary N) is 2. The molecule has 34 heavy (non-hydrogen) atoms. The van der Waals surface area contributed by atoms with Gasteiger partial charge in [0.2, 0.25) is 0 Å². The monoisotopic (exact) mass is 477 g/mol. The summed E-state index contributed by atoms with van der Waals surface area (Å²) >= 11 is 6.02. The molecule has 0 unspecified atom stereocenters. The van der Waals surface area contributed by atoms with Crippen LogP contribution in [0.3, 0.4) is 0 Å². The van der Waals surface area contributed by atoms with Gasteiger partial charge in [-0.15, -0.1) is 0 Å². The number of piperidine rings is 1. The molecule has 0 saturated carbocycles. The van der Waals surface area contributed by atoms with Gasteiger partial charge in [0.1, 0.15) is 5.75 Å². The number of carbonyl (C=O) groups is 2. The van der Waals surface area contributed by atoms with E-state index in [1.54, 1.807) is 30.3 Å². The zero-order valence-electron chi connectivity index (χ0n) is 19.1. The Morgan fingerprint density at radius 2 is 1.79 bits per heavy atom. The van der Waals surface area contributed by atoms with Gasteiger partial charge in [0.15, 0.2) is 0 Å². The van der Waals surface area contributed by atoms with Crippen LogP contribution in [0.2, 0.25) is 5.02 Å². The number of amides is 3. The average Bonchev–Trinajstić information content (AvgIpc) is 2.85. The molecule has 1 fully saturated rings. The lowest BCUT2D eigenvalue weighted by atomic mass is 9.89. The third-order valence-electron chi connectivity index (χ3n) is 5.83. The Morgan fingerprint density at radius 1 is 1.00 bits per heavy atom. The number of benzene rings is 3. The minimum atomic E-state index is -0.190. The molecule has 3 amide bonds. The van der Waals surface area contributed by atoms with Crippen LogP contribution in [0.1, 0.15) is 41.6 Å². The normalized spacial score (nSPS) is 15.5. The average molecular weight is 478 g/mol. The zero-order chi connectivity index (χ0) is 23.9. The predicted octanol–water partition coefficient (Wildman–Crippen LogP) is 6.40. The van der Waals surface area contributed by atoms with Crippen LogP contribution in [0.4, 0.5) is 16.2 Å². The van der Waals surface area contributed by atoms with Crippen LogP contribution < -0.4 is 15.4 Å². The Balaban J connectivity index is 1.39. The van der Waals surface area contributed by atoms with Crippen molar-refractivity contribution in [1.29, 1.82) is 0 Å². The molecule has 0 bridgehead atoms. The van der Waals surface area contributed by atoms with Crippen molar-refractivity contribution in [1.82, 2.24) is 4.90 Å². The van der Waals surface area contributed by atoms with E-state index >= 15 is 0 Å². The maximum atomic E-state index is 12.9. The second-order valence-corrected chi connectivity index (χ2v) is 8.70. The summed E-state index contributed by atoms with van der Waals surface area (Å²) in [5.41, 5.74) is 3.01. The van der Waals surface area contributed by atoms with E-state index in [1.165, 1.54) is 0 Å². The van der Waals surface area contributed by atoms with E-state index in [1.807, 2.05) is 54.3 Å². The van der Waals surface area contributed by atoms with Gasteiger partial charge in [0.25, 0.3) is 5.91 Å². The fourth-order valence-electron chi connectivity index (χ4n) is 4.14. The molecule has 4 rings (SSSR count). The molecule has 0 spiro atoms. The highest BCUT2D eigenvalue weighted by Gasteiger charge is 2.25. The second-order valence-electron chi connectivity index (χ2n) is 8.26. The minimum Gasteiger partial charge on any atom is -0.494 e. The van der Waals surface area contributed by atoms with Gasteiger partial charge in [-0.3, -0.25) is 4.79 Å². The van der Waals surface area contributed by atoms with Crippen molar-refractivity contribution in [2.24, 2.45) is 0 Å². The summed E-state index contributed by atoms with van der Waals surface area (Å²) in [5, 5.41) is 6.43. The Kier molecular flexibility index (Phi) is 7.70. The third kappa shape index (κ3) is 6.08. The highest BCUT2D eigenvalue weighted by atomic mass is 35.5. The number of anilines is 2. The number of carbonyl (C=O) groups excluding carboxylic acids is 2. The molecule has 0 aromatic heterocycles. The number of hydrogen-bond donors (Lipinski definition) is 2. The van der Waals surface area contributed by atoms with Gasteiger partial charge in [-0.2, -0.15) is 0 Å². The van der Waals surface area contributed by atoms with E-state index in [2.05, 4.69) is 10.6 Å². The summed E-state index contributed by atoms with van der Waals surface area (Å²) in [6, 6.07) is 21.9. The van der Waals surface area contributed by atoms with E-state index in [0.717, 1.165) is 29.8 Å². The Hall–Kier alpha value is -3.51. The lowest BCUT2D eigenvalue weighted by molar-refractivity contribution is 0.102. The molecular weight excluding hydrogens is 450 g/mol. The van der Waals surface area contributed by atoms with Crippen molar-refractivity contribution in [2.75, 3.05) is 30.3 Å². The highest BCUT2D eigenvalue weighted by molar-refractivity contribution is 6.31. The van der Waals surface area contributed by atoms with Crippen LogP contribution >= 0.6 is 11.6 Å². The largest absolute Gasteiger partial charge is 0.494 e. The van der Waals surface area contributed by atoms with E-state index < -0.39 is 0 Å². The minimum absolute atomic E-state index is 0.122. The molecule has 1 aliphatic rings. The predicted molar refractivity (Wildman–Crippen MR) is 136 cm³/mol. The first-order chi connectivity index (χ1) is 16.5. The third-order valence-corrected chi connectivity index (χ3v) is 6.06. The molecule has 3 aromatic carbocycles. The van der Waals surface area contributed by atoms with Gasteiger partial charge in [-0.1, -0.05) is 29.8 Å². The first-order valence-corrected chi connectivity index (χ1v) is 11.9. The molecule has 6 nitrogen and oxygen atoms in total. The summed E-state index contributed by atoms with van der Waals surface area (Å²) in [7, 11) is 0. The summed E-state index contributed by atoms with van der Waals surface area (Å²) in [6.07, 6.45) is 1.87. The number of nitrogens with zero attached hydrogens (tertiary/aromatic N) is 1. The van der Waals surface area contributed by atoms with Crippen molar-refractivity contribution in [2.45, 2.75) is 25.7 Å². The van der Waals surface area contributed by atoms with Crippen molar-refractivity contribution >= 4 is 34.9 Å². The van der Waals surface area contributed by atoms with Crippen LogP contribution in [0.5, 0.6) is 5.75 Å². The summed E-state index contributed by atoms with van der Waals surface area (Å²) < 4.78 is 5.45. The van der Waals surface area contributed by atoms with Crippen LogP contribution in [-0.2, 0) is 0 Å². The first kappa shape index (κ1) is 23.6. The summed E-state index contributed by atoms with van der Waals surface area (Å²) in [5.74, 6) is 0.751. The van der Waals surface area contributed by atoms with Crippen molar-refractivity contribution in [3.8, 4) is 5.75 Å². The van der Waals surface area contributed by atoms with Crippen molar-refractivity contribution in [3.63, 3.8) is 0 Å². The number of halogens is 1. The van der Waals surface area contributed by atoms with E-state index in [9.17, 15) is 9.59 Å². The molecule has 1 heterocycles. The molecule has 2 N–H and O–H groups in total. The number of ether oxygens (including phenoxy) is 1. The Labute approximate surface area is 204 Å². The lowest BCUT2D eigenvalue weighted by Crippen LogP contribution is -2.41. The smallest absolute Gasteiger partial charge is 0.321 e. The molecule has 3 aromatic rings. The molecule has 1 aliphatic heterocycles. The van der Waals surface area contributed by atoms with E-state index in [4.69, 9.17) is 16.3 Å². The molecule has 1 saturated heterocycles. The van der Waals surface area contributed by atoms with E-state index in [0.29, 0.717) is 36.0 Å². The number of urea groups is 1. The van der Waals surface area contributed by atoms with Crippen LogP contribution in [-0.4, -0.2) is 36.5 Å². The van der Waals surface area contributed by atoms with E-state index in [-0.39, 0.29) is 17.9 Å². The van der Waals surface area contributed by atoms with Gasteiger partial charge < -0.3 is 20.3 Å². The fourth-order valence-corrected chi connectivity index (χ4v) is 4.33. The van der Waals surface area contributed by atoms with Gasteiger partial charge in [0, 0.05) is 41.0 Å². The highest BCUT2D eigenvalue weighted by Crippen LogP contribution is 2.28. The number of hydrogen-bond acceptors (Lipinski definition) is 3. The van der Waals surface area contributed by atoms with Crippen molar-refractivity contribution < 1.29 is 14.3 Å². The molecule has 1 atom stereocenters. The zero-order valence-corrected chi connectivity index (χ0v) is 19.8. The van der Waals surface area contributed by atoms with Crippen LogP contribution in [0.15, 0.2) is 72.8 Å². The molecular formula is C27H28ClN3O3. The summed E-state index contributed by atoms with van der Waals surface area (Å²) in [6.45, 7) is 3.84. The van der Waals surface area contributed by atoms with Gasteiger partial charge in [0.05, 0.1) is 6.61 Å². The molecule has 0 aliphatic carbocycles. The maximum Gasteiger partial charge on any atom is 0.321 e. The quantitative estimate of drug-likeness (QED) is 0.431. The maximum absolute atomic E-state index is 12.9. The standard InChI is InChI=1S/C27H28ClN3O3/c1-2-34-25-13-11-23(12-14-25)30-27(33)31-15-5-8-21(18-31)19-6-3-7-20(16-19)26(32)29-24-10-4-9-22(28)17-24/h3-4,6-7,9-14,16-17,21H,2,5,8,15,18H2,1H3,(H,29,32)(H,30,33)/t21-/m1/s1. The van der Waals surface area contributed by atoms with Gasteiger partial charge in [-0.05, 0) is 79.9 Å². The van der Waals surface area contributed by atoms with Crippen molar-refractivity contribution in [3.05, 3.63) is 88.9 Å². The van der Waals surface area contributed by atoms with Crippen LogP contribution in [0, 0.1) is 0 Å². The van der Waals surface area contributed by atoms with Gasteiger partial charge >= 0.3 is 6.03 Å². The van der Waals surface area contributed by atoms with Gasteiger partial charge in [-0.25, -0.2) is 4.79 Å². The number of rotatable bonds is 6. The molecule has 7 heteroatoms. The Bertz CT molecular complexity index is 1150. The lowest BCUT2D eigenvalue weighted by Gasteiger charge is -2.33. The van der Waals surface area contributed by atoms with Crippen LogP contribution in [0.25, 0.3) is 0 Å². The topological polar surface area (TPSA) is 70.7 Å².